The van der Waals surface area contributed by atoms with Crippen LogP contribution in [0.3, 0.4) is 0 Å². The first kappa shape index (κ1) is 23.5. The zero-order chi connectivity index (χ0) is 24.3. The van der Waals surface area contributed by atoms with E-state index in [2.05, 4.69) is 0 Å². The number of esters is 1. The predicted molar refractivity (Wildman–Crippen MR) is 126 cm³/mol. The maximum atomic E-state index is 13.0. The second-order valence-electron chi connectivity index (χ2n) is 8.90. The van der Waals surface area contributed by atoms with E-state index in [0.29, 0.717) is 11.3 Å². The third kappa shape index (κ3) is 5.55. The Morgan fingerprint density at radius 1 is 0.800 bits per heavy atom. The molecule has 0 unspecified atom stereocenters. The summed E-state index contributed by atoms with van der Waals surface area (Å²) in [6, 6.07) is 27.8. The predicted octanol–water partition coefficient (Wildman–Crippen LogP) is 4.71. The number of para-hydroxylation sites is 1. The van der Waals surface area contributed by atoms with Crippen LogP contribution in [0.15, 0.2) is 91.0 Å². The minimum atomic E-state index is -0.949. The van der Waals surface area contributed by atoms with Gasteiger partial charge in [0.05, 0.1) is 12.2 Å². The van der Waals surface area contributed by atoms with Crippen molar-refractivity contribution in [1.29, 1.82) is 0 Å². The molecule has 35 heavy (non-hydrogen) atoms. The molecule has 7 nitrogen and oxygen atoms in total. The zero-order valence-electron chi connectivity index (χ0n) is 19.6. The molecule has 0 spiro atoms. The molecule has 2 heterocycles. The largest absolute Gasteiger partial charge is 0.462 e. The maximum Gasteiger partial charge on any atom is 0.338 e. The summed E-state index contributed by atoms with van der Waals surface area (Å²) in [4.78, 5) is 13.0. The highest BCUT2D eigenvalue weighted by atomic mass is 16.8. The van der Waals surface area contributed by atoms with Crippen LogP contribution in [0, 0.1) is 0 Å². The lowest BCUT2D eigenvalue weighted by atomic mass is 10.0. The first-order valence-electron chi connectivity index (χ1n) is 11.6. The number of fused-ring (bicyclic) bond motifs is 1. The molecule has 5 rings (SSSR count). The van der Waals surface area contributed by atoms with Crippen LogP contribution in [-0.2, 0) is 30.3 Å². The molecule has 0 aliphatic carbocycles. The summed E-state index contributed by atoms with van der Waals surface area (Å²) in [6.07, 6.45) is -3.97. The smallest absolute Gasteiger partial charge is 0.338 e. The number of benzene rings is 3. The Hall–Kier alpha value is -3.23. The van der Waals surface area contributed by atoms with Gasteiger partial charge in [-0.3, -0.25) is 0 Å². The van der Waals surface area contributed by atoms with Crippen LogP contribution in [0.4, 0.5) is 0 Å². The lowest BCUT2D eigenvalue weighted by Crippen LogP contribution is -2.59. The summed E-state index contributed by atoms with van der Waals surface area (Å²) in [7, 11) is 0. The molecule has 7 heteroatoms. The monoisotopic (exact) mass is 476 g/mol. The molecule has 5 atom stereocenters. The van der Waals surface area contributed by atoms with Crippen molar-refractivity contribution in [2.45, 2.75) is 57.1 Å². The van der Waals surface area contributed by atoms with E-state index in [1.54, 1.807) is 38.1 Å². The number of carbonyl (C=O) groups excluding carboxylic acids is 1. The van der Waals surface area contributed by atoms with E-state index in [1.165, 1.54) is 0 Å². The van der Waals surface area contributed by atoms with E-state index in [-0.39, 0.29) is 6.61 Å². The van der Waals surface area contributed by atoms with Gasteiger partial charge in [0.1, 0.15) is 11.9 Å². The van der Waals surface area contributed by atoms with Crippen LogP contribution < -0.4 is 4.74 Å². The van der Waals surface area contributed by atoms with Gasteiger partial charge < -0.3 is 28.4 Å². The van der Waals surface area contributed by atoms with Crippen LogP contribution in [-0.4, -0.2) is 42.6 Å². The molecule has 0 saturated carbocycles. The van der Waals surface area contributed by atoms with Gasteiger partial charge in [0, 0.05) is 0 Å². The summed E-state index contributed by atoms with van der Waals surface area (Å²) in [5.74, 6) is -0.809. The minimum absolute atomic E-state index is 0.255. The molecule has 0 N–H and O–H groups in total. The lowest BCUT2D eigenvalue weighted by Gasteiger charge is -2.41. The molecule has 2 saturated heterocycles. The van der Waals surface area contributed by atoms with Crippen molar-refractivity contribution in [3.8, 4) is 5.75 Å². The molecular formula is C28H28O7. The van der Waals surface area contributed by atoms with E-state index in [4.69, 9.17) is 28.4 Å². The van der Waals surface area contributed by atoms with Crippen LogP contribution in [0.25, 0.3) is 0 Å². The van der Waals surface area contributed by atoms with Gasteiger partial charge in [-0.15, -0.1) is 0 Å². The van der Waals surface area contributed by atoms with Gasteiger partial charge in [-0.05, 0) is 43.7 Å². The molecule has 0 aromatic heterocycles. The van der Waals surface area contributed by atoms with Crippen LogP contribution in [0.1, 0.15) is 29.8 Å². The standard InChI is InChI=1S/C28H28O7/c1-28(2)34-22-23(32-25(29)20-14-8-4-9-15-20)26(30-18-19-12-6-3-7-13-19)33-27(24(22)35-28)31-21-16-10-5-11-17-21/h3-17,22-24,26-27H,18H2,1-2H3/t22-,23-,24-,26-,27-/m1/s1. The summed E-state index contributed by atoms with van der Waals surface area (Å²) in [5.41, 5.74) is 1.38. The summed E-state index contributed by atoms with van der Waals surface area (Å²) in [5, 5.41) is 0. The number of ether oxygens (including phenoxy) is 6. The van der Waals surface area contributed by atoms with Gasteiger partial charge in [0.15, 0.2) is 18.0 Å². The summed E-state index contributed by atoms with van der Waals surface area (Å²) < 4.78 is 36.8. The average molecular weight is 477 g/mol. The molecular weight excluding hydrogens is 448 g/mol. The number of hydrogen-bond donors (Lipinski definition) is 0. The Morgan fingerprint density at radius 3 is 2.09 bits per heavy atom. The van der Waals surface area contributed by atoms with Gasteiger partial charge in [-0.25, -0.2) is 4.79 Å². The number of hydrogen-bond acceptors (Lipinski definition) is 7. The summed E-state index contributed by atoms with van der Waals surface area (Å²) >= 11 is 0. The van der Waals surface area contributed by atoms with Gasteiger partial charge in [-0.1, -0.05) is 66.7 Å². The fraction of sp³-hybridized carbons (Fsp3) is 0.321. The fourth-order valence-electron chi connectivity index (χ4n) is 4.23. The molecule has 2 aliphatic heterocycles. The third-order valence-electron chi connectivity index (χ3n) is 5.80. The topological polar surface area (TPSA) is 72.5 Å². The second kappa shape index (κ2) is 10.2. The molecule has 3 aromatic carbocycles. The van der Waals surface area contributed by atoms with Crippen molar-refractivity contribution in [1.82, 2.24) is 0 Å². The van der Waals surface area contributed by atoms with Crippen molar-refractivity contribution >= 4 is 5.97 Å². The zero-order valence-corrected chi connectivity index (χ0v) is 19.6. The van der Waals surface area contributed by atoms with Gasteiger partial charge in [-0.2, -0.15) is 0 Å². The Kier molecular flexibility index (Phi) is 6.83. The van der Waals surface area contributed by atoms with E-state index in [1.807, 2.05) is 66.7 Å². The van der Waals surface area contributed by atoms with Crippen LogP contribution >= 0.6 is 0 Å². The number of rotatable bonds is 7. The molecule has 0 amide bonds. The van der Waals surface area contributed by atoms with Crippen molar-refractivity contribution in [3.63, 3.8) is 0 Å². The SMILES string of the molecule is CC1(C)O[C@@H]2[C@@H](OC(=O)c3ccccc3)[C@H](OCc3ccccc3)O[C@@H](Oc3ccccc3)[C@@H]2O1. The van der Waals surface area contributed by atoms with Crippen LogP contribution in [0.5, 0.6) is 5.75 Å². The average Bonchev–Trinajstić information content (AvgIpc) is 3.21. The lowest BCUT2D eigenvalue weighted by molar-refractivity contribution is -0.317. The van der Waals surface area contributed by atoms with E-state index < -0.39 is 42.6 Å². The fourth-order valence-corrected chi connectivity index (χ4v) is 4.23. The highest BCUT2D eigenvalue weighted by Crippen LogP contribution is 2.40. The molecule has 3 aromatic rings. The Balaban J connectivity index is 1.42. The number of carbonyl (C=O) groups is 1. The molecule has 0 radical (unpaired) electrons. The van der Waals surface area contributed by atoms with Crippen molar-refractivity contribution in [2.24, 2.45) is 0 Å². The Labute approximate surface area is 204 Å². The van der Waals surface area contributed by atoms with Gasteiger partial charge in [0.2, 0.25) is 12.6 Å². The van der Waals surface area contributed by atoms with Crippen molar-refractivity contribution in [3.05, 3.63) is 102 Å². The maximum absolute atomic E-state index is 13.0. The van der Waals surface area contributed by atoms with E-state index in [0.717, 1.165) is 5.56 Å². The quantitative estimate of drug-likeness (QED) is 0.457. The highest BCUT2D eigenvalue weighted by molar-refractivity contribution is 5.89. The minimum Gasteiger partial charge on any atom is -0.462 e. The molecule has 2 fully saturated rings. The first-order valence-corrected chi connectivity index (χ1v) is 11.6. The van der Waals surface area contributed by atoms with Crippen LogP contribution in [0.2, 0.25) is 0 Å². The second-order valence-corrected chi connectivity index (χ2v) is 8.90. The van der Waals surface area contributed by atoms with E-state index in [9.17, 15) is 4.79 Å². The van der Waals surface area contributed by atoms with Gasteiger partial charge in [0.25, 0.3) is 0 Å². The molecule has 0 bridgehead atoms. The molecule has 2 aliphatic rings. The molecule has 182 valence electrons. The normalized spacial score (nSPS) is 27.1. The van der Waals surface area contributed by atoms with Crippen molar-refractivity contribution in [2.75, 3.05) is 0 Å². The Bertz CT molecular complexity index is 1100. The van der Waals surface area contributed by atoms with Gasteiger partial charge >= 0.3 is 5.97 Å². The third-order valence-corrected chi connectivity index (χ3v) is 5.80. The summed E-state index contributed by atoms with van der Waals surface area (Å²) in [6.45, 7) is 3.87. The van der Waals surface area contributed by atoms with E-state index >= 15 is 0 Å². The Morgan fingerprint density at radius 2 is 1.40 bits per heavy atom. The first-order chi connectivity index (χ1) is 17.0. The van der Waals surface area contributed by atoms with Crippen molar-refractivity contribution < 1.29 is 33.2 Å². The highest BCUT2D eigenvalue weighted by Gasteiger charge is 2.58.